The number of carbonyl (C=O) groups is 2. The minimum atomic E-state index is -0.239. The van der Waals surface area contributed by atoms with Gasteiger partial charge >= 0.3 is 0 Å². The van der Waals surface area contributed by atoms with E-state index in [1.165, 1.54) is 6.26 Å². The normalized spacial score (nSPS) is 10.5. The first-order valence-electron chi connectivity index (χ1n) is 10.3. The van der Waals surface area contributed by atoms with Crippen molar-refractivity contribution in [3.63, 3.8) is 0 Å². The molecule has 160 valence electrons. The number of aromatic nitrogens is 1. The van der Waals surface area contributed by atoms with Crippen molar-refractivity contribution in [2.45, 2.75) is 19.5 Å². The summed E-state index contributed by atoms with van der Waals surface area (Å²) in [4.78, 5) is 31.3. The molecule has 0 aliphatic carbocycles. The van der Waals surface area contributed by atoms with Gasteiger partial charge in [-0.15, -0.1) is 0 Å². The lowest BCUT2D eigenvalue weighted by Gasteiger charge is -2.22. The maximum Gasteiger partial charge on any atom is 0.294 e. The van der Waals surface area contributed by atoms with Crippen molar-refractivity contribution >= 4 is 17.5 Å². The molecule has 2 aromatic carbocycles. The molecule has 6 nitrogen and oxygen atoms in total. The number of carbonyl (C=O) groups excluding carboxylic acids is 2. The van der Waals surface area contributed by atoms with E-state index in [-0.39, 0.29) is 24.0 Å². The average molecular weight is 425 g/mol. The van der Waals surface area contributed by atoms with Gasteiger partial charge in [0, 0.05) is 24.6 Å². The van der Waals surface area contributed by atoms with Gasteiger partial charge < -0.3 is 14.6 Å². The van der Waals surface area contributed by atoms with Crippen LogP contribution < -0.4 is 10.2 Å². The van der Waals surface area contributed by atoms with Crippen LogP contribution in [0, 0.1) is 0 Å². The summed E-state index contributed by atoms with van der Waals surface area (Å²) in [6, 6.07) is 24.3. The largest absolute Gasteiger partial charge is 0.459 e. The maximum absolute atomic E-state index is 13.2. The molecular formula is C26H23N3O3. The highest BCUT2D eigenvalue weighted by Gasteiger charge is 2.21. The fraction of sp³-hybridized carbons (Fsp3) is 0.115. The molecule has 0 saturated carbocycles. The minimum Gasteiger partial charge on any atom is -0.459 e. The van der Waals surface area contributed by atoms with Crippen LogP contribution in [0.5, 0.6) is 0 Å². The fourth-order valence-electron chi connectivity index (χ4n) is 3.37. The van der Waals surface area contributed by atoms with Gasteiger partial charge in [-0.25, -0.2) is 0 Å². The Morgan fingerprint density at radius 2 is 1.69 bits per heavy atom. The van der Waals surface area contributed by atoms with Crippen molar-refractivity contribution in [3.05, 3.63) is 120 Å². The summed E-state index contributed by atoms with van der Waals surface area (Å²) >= 11 is 0. The fourth-order valence-corrected chi connectivity index (χ4v) is 3.37. The van der Waals surface area contributed by atoms with Crippen LogP contribution in [0.1, 0.15) is 27.2 Å². The van der Waals surface area contributed by atoms with Crippen molar-refractivity contribution in [2.75, 3.05) is 4.90 Å². The number of furan rings is 1. The predicted octanol–water partition coefficient (Wildman–Crippen LogP) is 4.38. The van der Waals surface area contributed by atoms with Crippen LogP contribution in [0.3, 0.4) is 0 Å². The van der Waals surface area contributed by atoms with E-state index in [9.17, 15) is 9.59 Å². The quantitative estimate of drug-likeness (QED) is 0.455. The van der Waals surface area contributed by atoms with Gasteiger partial charge in [0.25, 0.3) is 5.91 Å². The molecule has 4 aromatic rings. The van der Waals surface area contributed by atoms with Crippen LogP contribution in [0.2, 0.25) is 0 Å². The van der Waals surface area contributed by atoms with Crippen LogP contribution in [0.15, 0.2) is 102 Å². The summed E-state index contributed by atoms with van der Waals surface area (Å²) in [6.45, 7) is 0.806. The van der Waals surface area contributed by atoms with E-state index in [0.717, 1.165) is 16.7 Å². The number of nitrogens with one attached hydrogen (secondary N) is 1. The third kappa shape index (κ3) is 5.49. The minimum absolute atomic E-state index is 0.0991. The van der Waals surface area contributed by atoms with E-state index in [1.54, 1.807) is 29.4 Å². The van der Waals surface area contributed by atoms with Crippen LogP contribution in [0.25, 0.3) is 0 Å². The monoisotopic (exact) mass is 425 g/mol. The number of hydrogen-bond donors (Lipinski definition) is 1. The van der Waals surface area contributed by atoms with Gasteiger partial charge in [0.05, 0.1) is 19.2 Å². The Labute approximate surface area is 186 Å². The molecule has 1 N–H and O–H groups in total. The number of hydrogen-bond acceptors (Lipinski definition) is 4. The zero-order chi connectivity index (χ0) is 22.2. The average Bonchev–Trinajstić information content (AvgIpc) is 3.37. The molecule has 2 heterocycles. The van der Waals surface area contributed by atoms with E-state index in [4.69, 9.17) is 4.42 Å². The number of rotatable bonds is 8. The Bertz CT molecular complexity index is 1160. The number of anilines is 1. The second-order valence-corrected chi connectivity index (χ2v) is 7.34. The topological polar surface area (TPSA) is 75.4 Å². The SMILES string of the molecule is O=C(Cc1cccc(N(Cc2ccccc2)C(=O)c2ccco2)c1)NCc1cccnc1. The van der Waals surface area contributed by atoms with Crippen molar-refractivity contribution in [1.82, 2.24) is 10.3 Å². The van der Waals surface area contributed by atoms with Crippen LogP contribution in [-0.4, -0.2) is 16.8 Å². The molecule has 0 atom stereocenters. The van der Waals surface area contributed by atoms with E-state index in [0.29, 0.717) is 18.8 Å². The van der Waals surface area contributed by atoms with Gasteiger partial charge in [-0.3, -0.25) is 14.6 Å². The highest BCUT2D eigenvalue weighted by atomic mass is 16.3. The molecule has 0 unspecified atom stereocenters. The number of pyridine rings is 1. The molecule has 4 rings (SSSR count). The molecule has 0 bridgehead atoms. The summed E-state index contributed by atoms with van der Waals surface area (Å²) in [6.07, 6.45) is 5.11. The third-order valence-corrected chi connectivity index (χ3v) is 4.96. The Morgan fingerprint density at radius 1 is 0.875 bits per heavy atom. The van der Waals surface area contributed by atoms with Gasteiger partial charge in [0.2, 0.25) is 5.91 Å². The first-order valence-corrected chi connectivity index (χ1v) is 10.3. The second-order valence-electron chi connectivity index (χ2n) is 7.34. The Morgan fingerprint density at radius 3 is 2.44 bits per heavy atom. The lowest BCUT2D eigenvalue weighted by atomic mass is 10.1. The molecular weight excluding hydrogens is 402 g/mol. The highest BCUT2D eigenvalue weighted by molar-refractivity contribution is 6.04. The number of amides is 2. The first kappa shape index (κ1) is 21.1. The van der Waals surface area contributed by atoms with Crippen LogP contribution >= 0.6 is 0 Å². The molecule has 32 heavy (non-hydrogen) atoms. The standard InChI is InChI=1S/C26H23N3O3/c30-25(28-18-22-10-5-13-27-17-22)16-21-9-4-11-23(15-21)29(19-20-7-2-1-3-8-20)26(31)24-12-6-14-32-24/h1-15,17H,16,18-19H2,(H,28,30). The molecule has 2 aromatic heterocycles. The Hall–Kier alpha value is -4.19. The summed E-state index contributed by atoms with van der Waals surface area (Å²) in [7, 11) is 0. The maximum atomic E-state index is 13.2. The van der Waals surface area contributed by atoms with Crippen molar-refractivity contribution in [3.8, 4) is 0 Å². The van der Waals surface area contributed by atoms with Crippen molar-refractivity contribution in [2.24, 2.45) is 0 Å². The smallest absolute Gasteiger partial charge is 0.294 e. The van der Waals surface area contributed by atoms with E-state index < -0.39 is 0 Å². The lowest BCUT2D eigenvalue weighted by Crippen LogP contribution is -2.30. The van der Waals surface area contributed by atoms with Gasteiger partial charge in [-0.2, -0.15) is 0 Å². The van der Waals surface area contributed by atoms with Crippen LogP contribution in [-0.2, 0) is 24.3 Å². The van der Waals surface area contributed by atoms with Gasteiger partial charge in [-0.05, 0) is 47.0 Å². The number of nitrogens with zero attached hydrogens (tertiary/aromatic N) is 2. The van der Waals surface area contributed by atoms with Gasteiger partial charge in [0.15, 0.2) is 5.76 Å². The number of benzene rings is 2. The zero-order valence-electron chi connectivity index (χ0n) is 17.5. The van der Waals surface area contributed by atoms with Crippen molar-refractivity contribution in [1.29, 1.82) is 0 Å². The molecule has 2 amide bonds. The second kappa shape index (κ2) is 10.2. The first-order chi connectivity index (χ1) is 15.7. The summed E-state index contributed by atoms with van der Waals surface area (Å²) in [5.41, 5.74) is 3.45. The van der Waals surface area contributed by atoms with Crippen molar-refractivity contribution < 1.29 is 14.0 Å². The zero-order valence-corrected chi connectivity index (χ0v) is 17.5. The molecule has 0 spiro atoms. The molecule has 6 heteroatoms. The van der Waals surface area contributed by atoms with Gasteiger partial charge in [-0.1, -0.05) is 48.5 Å². The highest BCUT2D eigenvalue weighted by Crippen LogP contribution is 2.22. The molecule has 0 radical (unpaired) electrons. The summed E-state index contributed by atoms with van der Waals surface area (Å²) in [5.74, 6) is -0.0736. The molecule has 0 aliphatic heterocycles. The van der Waals surface area contributed by atoms with E-state index >= 15 is 0 Å². The Kier molecular flexibility index (Phi) is 6.72. The van der Waals surface area contributed by atoms with Crippen LogP contribution in [0.4, 0.5) is 5.69 Å². The predicted molar refractivity (Wildman–Crippen MR) is 122 cm³/mol. The Balaban J connectivity index is 1.51. The third-order valence-electron chi connectivity index (χ3n) is 4.96. The lowest BCUT2D eigenvalue weighted by molar-refractivity contribution is -0.120. The molecule has 0 aliphatic rings. The molecule has 0 fully saturated rings. The summed E-state index contributed by atoms with van der Waals surface area (Å²) in [5, 5.41) is 2.91. The summed E-state index contributed by atoms with van der Waals surface area (Å²) < 4.78 is 5.34. The van der Waals surface area contributed by atoms with E-state index in [1.807, 2.05) is 66.7 Å². The van der Waals surface area contributed by atoms with E-state index in [2.05, 4.69) is 10.3 Å². The molecule has 0 saturated heterocycles. The van der Waals surface area contributed by atoms with Gasteiger partial charge in [0.1, 0.15) is 0 Å².